The van der Waals surface area contributed by atoms with E-state index in [0.29, 0.717) is 5.56 Å². The van der Waals surface area contributed by atoms with Crippen LogP contribution in [-0.2, 0) is 6.54 Å². The summed E-state index contributed by atoms with van der Waals surface area (Å²) in [7, 11) is 0. The number of fused-ring (bicyclic) bond motifs is 1. The Morgan fingerprint density at radius 3 is 2.81 bits per heavy atom. The summed E-state index contributed by atoms with van der Waals surface area (Å²) in [5, 5.41) is 3.01. The van der Waals surface area contributed by atoms with Crippen LogP contribution in [0, 0.1) is 5.82 Å². The maximum atomic E-state index is 13.9. The van der Waals surface area contributed by atoms with Crippen LogP contribution in [-0.4, -0.2) is 15.3 Å². The molecule has 2 aromatic heterocycles. The number of hydrogen-bond donors (Lipinski definition) is 1. The highest BCUT2D eigenvalue weighted by Gasteiger charge is 2.12. The van der Waals surface area contributed by atoms with Gasteiger partial charge in [-0.05, 0) is 36.4 Å². The number of benzene rings is 2. The Labute approximate surface area is 160 Å². The van der Waals surface area contributed by atoms with Gasteiger partial charge in [0.15, 0.2) is 0 Å². The van der Waals surface area contributed by atoms with Gasteiger partial charge in [-0.15, -0.1) is 0 Å². The van der Waals surface area contributed by atoms with Crippen molar-refractivity contribution >= 4 is 23.2 Å². The van der Waals surface area contributed by atoms with E-state index in [2.05, 4.69) is 10.3 Å². The molecule has 4 nitrogen and oxygen atoms in total. The van der Waals surface area contributed by atoms with Crippen molar-refractivity contribution in [3.8, 4) is 11.3 Å². The fourth-order valence-electron chi connectivity index (χ4n) is 2.94. The lowest BCUT2D eigenvalue weighted by Crippen LogP contribution is -2.23. The van der Waals surface area contributed by atoms with E-state index >= 15 is 0 Å². The van der Waals surface area contributed by atoms with Gasteiger partial charge in [0.05, 0.1) is 11.9 Å². The molecule has 2 aromatic carbocycles. The molecule has 0 bridgehead atoms. The number of amides is 1. The summed E-state index contributed by atoms with van der Waals surface area (Å²) in [6.45, 7) is 0.0180. The highest BCUT2D eigenvalue weighted by molar-refractivity contribution is 6.31. The predicted octanol–water partition coefficient (Wildman–Crippen LogP) is 4.72. The van der Waals surface area contributed by atoms with E-state index in [9.17, 15) is 9.18 Å². The number of hydrogen-bond acceptors (Lipinski definition) is 2. The Hall–Kier alpha value is -3.18. The molecule has 134 valence electrons. The second-order valence-corrected chi connectivity index (χ2v) is 6.44. The lowest BCUT2D eigenvalue weighted by molar-refractivity contribution is 0.0950. The van der Waals surface area contributed by atoms with Crippen LogP contribution in [0.1, 0.15) is 15.9 Å². The Balaban J connectivity index is 1.58. The summed E-state index contributed by atoms with van der Waals surface area (Å²) in [5.41, 5.74) is 3.33. The van der Waals surface area contributed by atoms with Gasteiger partial charge < -0.3 is 5.32 Å². The first kappa shape index (κ1) is 17.2. The molecule has 0 aliphatic heterocycles. The molecule has 0 fully saturated rings. The third-order valence-electron chi connectivity index (χ3n) is 4.32. The van der Waals surface area contributed by atoms with E-state index in [-0.39, 0.29) is 23.0 Å². The molecule has 1 amide bonds. The standard InChI is InChI=1S/C21H15ClFN3O/c22-17-7-4-8-18(23)16(17)12-25-21(27)15-6-3-5-14(11-15)19-13-24-20-9-1-2-10-26(19)20/h1-11,13H,12H2,(H,25,27). The second kappa shape index (κ2) is 7.21. The van der Waals surface area contributed by atoms with Crippen LogP contribution in [0.5, 0.6) is 0 Å². The van der Waals surface area contributed by atoms with Crippen LogP contribution >= 0.6 is 11.6 Å². The van der Waals surface area contributed by atoms with Gasteiger partial charge in [-0.1, -0.05) is 35.9 Å². The summed E-state index contributed by atoms with van der Waals surface area (Å²) >= 11 is 6.01. The average Bonchev–Trinajstić information content (AvgIpc) is 3.12. The zero-order valence-corrected chi connectivity index (χ0v) is 14.9. The van der Waals surface area contributed by atoms with Crippen LogP contribution < -0.4 is 5.32 Å². The molecule has 1 N–H and O–H groups in total. The molecule has 0 unspecified atom stereocenters. The summed E-state index contributed by atoms with van der Waals surface area (Å²) in [4.78, 5) is 16.9. The highest BCUT2D eigenvalue weighted by Crippen LogP contribution is 2.22. The minimum absolute atomic E-state index is 0.0180. The lowest BCUT2D eigenvalue weighted by Gasteiger charge is -2.09. The van der Waals surface area contributed by atoms with Crippen LogP contribution in [0.4, 0.5) is 4.39 Å². The first-order valence-electron chi connectivity index (χ1n) is 8.37. The smallest absolute Gasteiger partial charge is 0.251 e. The van der Waals surface area contributed by atoms with Crippen LogP contribution in [0.2, 0.25) is 5.02 Å². The van der Waals surface area contributed by atoms with Crippen molar-refractivity contribution in [3.63, 3.8) is 0 Å². The number of nitrogens with one attached hydrogen (secondary N) is 1. The molecule has 0 aliphatic rings. The highest BCUT2D eigenvalue weighted by atomic mass is 35.5. The first-order valence-corrected chi connectivity index (χ1v) is 8.75. The first-order chi connectivity index (χ1) is 13.1. The van der Waals surface area contributed by atoms with Crippen molar-refractivity contribution in [2.24, 2.45) is 0 Å². The third kappa shape index (κ3) is 3.41. The molecular formula is C21H15ClFN3O. The number of carbonyl (C=O) groups excluding carboxylic acids is 1. The molecule has 4 aromatic rings. The monoisotopic (exact) mass is 379 g/mol. The number of carbonyl (C=O) groups is 1. The van der Waals surface area contributed by atoms with E-state index in [1.54, 1.807) is 24.4 Å². The largest absolute Gasteiger partial charge is 0.348 e. The molecular weight excluding hydrogens is 365 g/mol. The molecule has 0 atom stereocenters. The number of imidazole rings is 1. The molecule has 0 saturated heterocycles. The van der Waals surface area contributed by atoms with Gasteiger partial charge in [0.1, 0.15) is 11.5 Å². The number of aromatic nitrogens is 2. The van der Waals surface area contributed by atoms with Gasteiger partial charge in [-0.25, -0.2) is 9.37 Å². The van der Waals surface area contributed by atoms with Crippen LogP contribution in [0.25, 0.3) is 16.9 Å². The van der Waals surface area contributed by atoms with Crippen LogP contribution in [0.3, 0.4) is 0 Å². The Kier molecular flexibility index (Phi) is 4.60. The molecule has 6 heteroatoms. The molecule has 0 saturated carbocycles. The van der Waals surface area contributed by atoms with Crippen molar-refractivity contribution in [1.29, 1.82) is 0 Å². The molecule has 4 rings (SSSR count). The van der Waals surface area contributed by atoms with Gasteiger partial charge >= 0.3 is 0 Å². The number of rotatable bonds is 4. The second-order valence-electron chi connectivity index (χ2n) is 6.04. The van der Waals surface area contributed by atoms with Crippen LogP contribution in [0.15, 0.2) is 73.1 Å². The minimum Gasteiger partial charge on any atom is -0.348 e. The molecule has 2 heterocycles. The fraction of sp³-hybridized carbons (Fsp3) is 0.0476. The van der Waals surface area contributed by atoms with E-state index in [1.165, 1.54) is 12.1 Å². The number of halogens is 2. The van der Waals surface area contributed by atoms with Crippen molar-refractivity contribution in [1.82, 2.24) is 14.7 Å². The predicted molar refractivity (Wildman–Crippen MR) is 103 cm³/mol. The van der Waals surface area contributed by atoms with Gasteiger partial charge in [0, 0.05) is 34.5 Å². The SMILES string of the molecule is O=C(NCc1c(F)cccc1Cl)c1cccc(-c2cnc3ccccn23)c1. The van der Waals surface area contributed by atoms with Crippen molar-refractivity contribution in [2.45, 2.75) is 6.54 Å². The molecule has 0 aliphatic carbocycles. The quantitative estimate of drug-likeness (QED) is 0.557. The lowest BCUT2D eigenvalue weighted by atomic mass is 10.1. The topological polar surface area (TPSA) is 46.4 Å². The van der Waals surface area contributed by atoms with Crippen molar-refractivity contribution in [2.75, 3.05) is 0 Å². The van der Waals surface area contributed by atoms with E-state index in [1.807, 2.05) is 40.9 Å². The Morgan fingerprint density at radius 2 is 1.96 bits per heavy atom. The van der Waals surface area contributed by atoms with Crippen molar-refractivity contribution < 1.29 is 9.18 Å². The summed E-state index contributed by atoms with van der Waals surface area (Å²) < 4.78 is 15.8. The van der Waals surface area contributed by atoms with Crippen molar-refractivity contribution in [3.05, 3.63) is 95.0 Å². The van der Waals surface area contributed by atoms with E-state index in [0.717, 1.165) is 16.9 Å². The van der Waals surface area contributed by atoms with Gasteiger partial charge in [-0.3, -0.25) is 9.20 Å². The average molecular weight is 380 g/mol. The summed E-state index contributed by atoms with van der Waals surface area (Å²) in [5.74, 6) is -0.743. The summed E-state index contributed by atoms with van der Waals surface area (Å²) in [6, 6.07) is 17.4. The minimum atomic E-state index is -0.442. The molecule has 0 radical (unpaired) electrons. The Bertz CT molecular complexity index is 1120. The van der Waals surface area contributed by atoms with Gasteiger partial charge in [0.2, 0.25) is 0 Å². The third-order valence-corrected chi connectivity index (χ3v) is 4.68. The zero-order chi connectivity index (χ0) is 18.8. The number of pyridine rings is 1. The van der Waals surface area contributed by atoms with E-state index < -0.39 is 5.82 Å². The zero-order valence-electron chi connectivity index (χ0n) is 14.2. The maximum absolute atomic E-state index is 13.9. The molecule has 27 heavy (non-hydrogen) atoms. The number of nitrogens with zero attached hydrogens (tertiary/aromatic N) is 2. The van der Waals surface area contributed by atoms with E-state index in [4.69, 9.17) is 11.6 Å². The van der Waals surface area contributed by atoms with Gasteiger partial charge in [-0.2, -0.15) is 0 Å². The maximum Gasteiger partial charge on any atom is 0.251 e. The molecule has 0 spiro atoms. The van der Waals surface area contributed by atoms with Gasteiger partial charge in [0.25, 0.3) is 5.91 Å². The normalized spacial score (nSPS) is 10.9. The fourth-order valence-corrected chi connectivity index (χ4v) is 3.17. The summed E-state index contributed by atoms with van der Waals surface area (Å²) in [6.07, 6.45) is 3.69. The Morgan fingerprint density at radius 1 is 1.11 bits per heavy atom.